The van der Waals surface area contributed by atoms with Gasteiger partial charge in [0.1, 0.15) is 29.9 Å². The van der Waals surface area contributed by atoms with Crippen molar-refractivity contribution in [2.24, 2.45) is 29.6 Å². The Bertz CT molecular complexity index is 1280. The highest BCUT2D eigenvalue weighted by Gasteiger charge is 2.55. The Hall–Kier alpha value is -3.56. The van der Waals surface area contributed by atoms with E-state index in [1.807, 2.05) is 46.0 Å². The molecule has 0 aromatic carbocycles. The van der Waals surface area contributed by atoms with Gasteiger partial charge < -0.3 is 19.4 Å². The molecular formula is C32H44N4O6. The Morgan fingerprint density at radius 1 is 1.02 bits per heavy atom. The average Bonchev–Trinajstić information content (AvgIpc) is 3.54. The van der Waals surface area contributed by atoms with Gasteiger partial charge in [-0.05, 0) is 57.6 Å². The van der Waals surface area contributed by atoms with Gasteiger partial charge in [0.25, 0.3) is 0 Å². The third kappa shape index (κ3) is 6.90. The number of hydrogen-bond acceptors (Lipinski definition) is 8. The van der Waals surface area contributed by atoms with Crippen LogP contribution >= 0.6 is 0 Å². The number of esters is 1. The fourth-order valence-electron chi connectivity index (χ4n) is 6.65. The van der Waals surface area contributed by atoms with E-state index in [9.17, 15) is 19.2 Å². The summed E-state index contributed by atoms with van der Waals surface area (Å²) in [4.78, 5) is 66.4. The summed E-state index contributed by atoms with van der Waals surface area (Å²) in [5.74, 6) is -1.84. The maximum absolute atomic E-state index is 13.7. The number of rotatable bonds is 6. The molecule has 7 atom stereocenters. The zero-order valence-corrected chi connectivity index (χ0v) is 25.6. The number of ether oxygens (including phenoxy) is 2. The zero-order chi connectivity index (χ0) is 30.6. The largest absolute Gasteiger partial charge is 0.461 e. The van der Waals surface area contributed by atoms with E-state index in [1.54, 1.807) is 31.1 Å². The van der Waals surface area contributed by atoms with E-state index in [0.717, 1.165) is 23.5 Å². The number of cyclic esters (lactones) is 1. The third-order valence-electron chi connectivity index (χ3n) is 8.85. The summed E-state index contributed by atoms with van der Waals surface area (Å²) < 4.78 is 11.4. The number of aryl methyl sites for hydroxylation is 1. The molecule has 10 heteroatoms. The van der Waals surface area contributed by atoms with Gasteiger partial charge in [-0.25, -0.2) is 9.78 Å². The van der Waals surface area contributed by atoms with Crippen LogP contribution < -0.4 is 0 Å². The van der Waals surface area contributed by atoms with Crippen LogP contribution in [0.1, 0.15) is 73.1 Å². The van der Waals surface area contributed by atoms with Gasteiger partial charge in [-0.15, -0.1) is 0 Å². The summed E-state index contributed by atoms with van der Waals surface area (Å²) in [7, 11) is 0. The number of pyridine rings is 1. The number of carbonyl (C=O) groups excluding carboxylic acids is 4. The number of Topliss-reactive ketones (excluding diaryl/α,β-unsaturated/α-hetero) is 2. The first-order valence-corrected chi connectivity index (χ1v) is 15.1. The first-order valence-electron chi connectivity index (χ1n) is 15.1. The molecule has 10 nitrogen and oxygen atoms in total. The van der Waals surface area contributed by atoms with Crippen molar-refractivity contribution in [3.05, 3.63) is 36.5 Å². The lowest BCUT2D eigenvalue weighted by Gasteiger charge is -2.36. The van der Waals surface area contributed by atoms with Crippen LogP contribution in [-0.4, -0.2) is 68.3 Å². The molecule has 4 heterocycles. The van der Waals surface area contributed by atoms with E-state index in [0.29, 0.717) is 32.2 Å². The number of fused-ring (bicyclic) bond motifs is 1. The average molecular weight is 581 g/mol. The number of hydrogen-bond donors (Lipinski definition) is 1. The van der Waals surface area contributed by atoms with Crippen LogP contribution in [0.5, 0.6) is 0 Å². The zero-order valence-electron chi connectivity index (χ0n) is 25.6. The minimum atomic E-state index is -1.23. The quantitative estimate of drug-likeness (QED) is 0.286. The molecule has 0 aliphatic carbocycles. The number of H-pyrrole nitrogens is 1. The number of aromatic amines is 1. The van der Waals surface area contributed by atoms with Crippen molar-refractivity contribution in [3.63, 3.8) is 0 Å². The fraction of sp³-hybridized carbons (Fsp3) is 0.625. The number of carbonyl (C=O) groups is 4. The lowest BCUT2D eigenvalue weighted by atomic mass is 9.77. The summed E-state index contributed by atoms with van der Waals surface area (Å²) in [6, 6.07) is 3.21. The van der Waals surface area contributed by atoms with Gasteiger partial charge in [-0.2, -0.15) is 0 Å². The minimum Gasteiger partial charge on any atom is -0.461 e. The maximum Gasteiger partial charge on any atom is 0.410 e. The van der Waals surface area contributed by atoms with Crippen LogP contribution in [0.25, 0.3) is 11.3 Å². The lowest BCUT2D eigenvalue weighted by molar-refractivity contribution is -0.158. The number of nitrogens with zero attached hydrogens (tertiary/aromatic N) is 3. The Morgan fingerprint density at radius 2 is 1.74 bits per heavy atom. The Morgan fingerprint density at radius 3 is 2.43 bits per heavy atom. The molecule has 7 unspecified atom stereocenters. The number of unbranched alkanes of at least 4 members (excludes halogenated alkanes) is 1. The molecule has 1 N–H and O–H groups in total. The van der Waals surface area contributed by atoms with Crippen LogP contribution in [0.2, 0.25) is 0 Å². The summed E-state index contributed by atoms with van der Waals surface area (Å²) in [6.07, 6.45) is 8.15. The standard InChI is InChI=1S/C32H44N4O6/c1-19-14-20(2)27(37)22(4)29-32(6,18-41-30(39)23(5)28(38)21(3)15-19)42-31(40)36(29)13-8-7-11-26-34-17-25(35-26)24-10-9-12-33-16-24/h9-10,12,16-17,19-23,29H,7-8,11,13-15,18H2,1-6H3,(H,34,35). The van der Waals surface area contributed by atoms with E-state index >= 15 is 0 Å². The molecule has 1 amide bonds. The molecule has 2 aliphatic heterocycles. The number of nitrogens with one attached hydrogen (secondary N) is 1. The second-order valence-electron chi connectivity index (χ2n) is 12.6. The summed E-state index contributed by atoms with van der Waals surface area (Å²) in [5, 5.41) is 0. The molecule has 42 heavy (non-hydrogen) atoms. The number of imidazole rings is 1. The summed E-state index contributed by atoms with van der Waals surface area (Å²) in [5.41, 5.74) is 0.530. The van der Waals surface area contributed by atoms with E-state index in [2.05, 4.69) is 15.0 Å². The molecule has 2 aliphatic rings. The van der Waals surface area contributed by atoms with Gasteiger partial charge in [-0.1, -0.05) is 27.7 Å². The molecule has 0 bridgehead atoms. The molecule has 2 aromatic rings. The number of aromatic nitrogens is 3. The van der Waals surface area contributed by atoms with E-state index in [-0.39, 0.29) is 35.9 Å². The SMILES string of the molecule is CC1CC(C)C(=O)C(C)C(=O)OCC2(C)OC(=O)N(CCCCc3nc(-c4cccnc4)c[nH]3)C2C(C)C(=O)C(C)C1. The van der Waals surface area contributed by atoms with E-state index < -0.39 is 35.5 Å². The highest BCUT2D eigenvalue weighted by atomic mass is 16.6. The van der Waals surface area contributed by atoms with Gasteiger partial charge in [0.05, 0.1) is 11.7 Å². The highest BCUT2D eigenvalue weighted by Crippen LogP contribution is 2.38. The first kappa shape index (κ1) is 31.4. The third-order valence-corrected chi connectivity index (χ3v) is 8.85. The minimum absolute atomic E-state index is 0.0376. The molecule has 2 aromatic heterocycles. The van der Waals surface area contributed by atoms with Gasteiger partial charge in [0.2, 0.25) is 0 Å². The van der Waals surface area contributed by atoms with Crippen molar-refractivity contribution in [2.75, 3.05) is 13.2 Å². The van der Waals surface area contributed by atoms with Crippen LogP contribution in [0.3, 0.4) is 0 Å². The van der Waals surface area contributed by atoms with E-state index in [1.165, 1.54) is 0 Å². The smallest absolute Gasteiger partial charge is 0.410 e. The molecule has 4 rings (SSSR count). The molecule has 228 valence electrons. The molecule has 0 saturated carbocycles. The predicted molar refractivity (Wildman–Crippen MR) is 156 cm³/mol. The van der Waals surface area contributed by atoms with Crippen molar-refractivity contribution in [1.29, 1.82) is 0 Å². The number of ketones is 2. The Kier molecular flexibility index (Phi) is 9.84. The van der Waals surface area contributed by atoms with Crippen molar-refractivity contribution >= 4 is 23.6 Å². The molecule has 2 saturated heterocycles. The summed E-state index contributed by atoms with van der Waals surface area (Å²) in [6.45, 7) is 11.1. The van der Waals surface area contributed by atoms with Crippen LogP contribution in [0, 0.1) is 29.6 Å². The topological polar surface area (TPSA) is 132 Å². The monoisotopic (exact) mass is 580 g/mol. The second kappa shape index (κ2) is 13.2. The Balaban J connectivity index is 1.48. The second-order valence-corrected chi connectivity index (χ2v) is 12.6. The van der Waals surface area contributed by atoms with Crippen molar-refractivity contribution in [3.8, 4) is 11.3 Å². The van der Waals surface area contributed by atoms with Gasteiger partial charge in [0, 0.05) is 54.9 Å². The molecule has 2 fully saturated rings. The lowest BCUT2D eigenvalue weighted by Crippen LogP contribution is -2.53. The van der Waals surface area contributed by atoms with Gasteiger partial charge >= 0.3 is 12.1 Å². The summed E-state index contributed by atoms with van der Waals surface area (Å²) >= 11 is 0. The Labute approximate surface area is 248 Å². The predicted octanol–water partition coefficient (Wildman–Crippen LogP) is 5.03. The van der Waals surface area contributed by atoms with Crippen LogP contribution in [0.4, 0.5) is 4.79 Å². The van der Waals surface area contributed by atoms with Crippen molar-refractivity contribution < 1.29 is 28.7 Å². The van der Waals surface area contributed by atoms with Crippen LogP contribution in [0.15, 0.2) is 30.7 Å². The normalized spacial score (nSPS) is 31.3. The molecular weight excluding hydrogens is 536 g/mol. The van der Waals surface area contributed by atoms with E-state index in [4.69, 9.17) is 9.47 Å². The van der Waals surface area contributed by atoms with Gasteiger partial charge in [-0.3, -0.25) is 19.4 Å². The van der Waals surface area contributed by atoms with Gasteiger partial charge in [0.15, 0.2) is 5.60 Å². The number of amides is 1. The fourth-order valence-corrected chi connectivity index (χ4v) is 6.65. The van der Waals surface area contributed by atoms with Crippen molar-refractivity contribution in [2.45, 2.75) is 85.3 Å². The molecule has 0 spiro atoms. The maximum atomic E-state index is 13.7. The molecule has 0 radical (unpaired) electrons. The highest BCUT2D eigenvalue weighted by molar-refractivity contribution is 5.99. The van der Waals surface area contributed by atoms with Crippen molar-refractivity contribution in [1.82, 2.24) is 19.9 Å². The first-order chi connectivity index (χ1) is 19.9. The van der Waals surface area contributed by atoms with Crippen LogP contribution in [-0.2, 0) is 30.3 Å².